The van der Waals surface area contributed by atoms with Crippen LogP contribution in [0.5, 0.6) is 23.0 Å². The van der Waals surface area contributed by atoms with Gasteiger partial charge in [0.05, 0.1) is 23.7 Å². The standard InChI is InChI=1S/C33H23BrClN3O6/c1-2-40-27-15-21(29(34)30(35)31(27)41-17-19-11-12-25-26(13-19)43-18-42-25)16-36-38-32(28-14-20-7-3-6-10-24(20)44-28)37-23-9-5-4-8-22(23)33(38)39/h3-16H,2,17-18H2,1H3. The lowest BCUT2D eigenvalue weighted by Crippen LogP contribution is -2.20. The number of benzene rings is 4. The number of aromatic nitrogens is 2. The summed E-state index contributed by atoms with van der Waals surface area (Å²) < 4.78 is 30.7. The number of halogens is 2. The SMILES string of the molecule is CCOc1cc(C=Nn2c(-c3cc4ccccc4o3)nc3ccccc3c2=O)c(Br)c(Cl)c1OCc1ccc2c(c1)OCO2. The van der Waals surface area contributed by atoms with Crippen molar-refractivity contribution in [3.63, 3.8) is 0 Å². The van der Waals surface area contributed by atoms with E-state index in [4.69, 9.17) is 39.9 Å². The first-order valence-electron chi connectivity index (χ1n) is 13.7. The quantitative estimate of drug-likeness (QED) is 0.152. The predicted molar refractivity (Wildman–Crippen MR) is 171 cm³/mol. The molecule has 0 atom stereocenters. The van der Waals surface area contributed by atoms with Crippen molar-refractivity contribution >= 4 is 55.6 Å². The molecule has 0 N–H and O–H groups in total. The molecular formula is C33H23BrClN3O6. The Labute approximate surface area is 264 Å². The van der Waals surface area contributed by atoms with Gasteiger partial charge in [0.1, 0.15) is 17.2 Å². The molecule has 0 bridgehead atoms. The van der Waals surface area contributed by atoms with Crippen LogP contribution in [0, 0.1) is 0 Å². The zero-order valence-electron chi connectivity index (χ0n) is 23.3. The van der Waals surface area contributed by atoms with Gasteiger partial charge in [-0.25, -0.2) is 4.98 Å². The monoisotopic (exact) mass is 671 g/mol. The fraction of sp³-hybridized carbons (Fsp3) is 0.121. The Bertz CT molecular complexity index is 2110. The highest BCUT2D eigenvalue weighted by Gasteiger charge is 2.20. The van der Waals surface area contributed by atoms with E-state index in [0.717, 1.165) is 10.9 Å². The summed E-state index contributed by atoms with van der Waals surface area (Å²) in [4.78, 5) is 18.4. The maximum atomic E-state index is 13.7. The summed E-state index contributed by atoms with van der Waals surface area (Å²) in [6, 6.07) is 23.9. The first-order chi connectivity index (χ1) is 21.5. The summed E-state index contributed by atoms with van der Waals surface area (Å²) in [5.41, 5.74) is 2.29. The van der Waals surface area contributed by atoms with Crippen LogP contribution in [0.15, 0.2) is 97.6 Å². The van der Waals surface area contributed by atoms with Crippen molar-refractivity contribution in [1.82, 2.24) is 9.66 Å². The Balaban J connectivity index is 1.27. The molecule has 0 amide bonds. The zero-order chi connectivity index (χ0) is 30.2. The third-order valence-electron chi connectivity index (χ3n) is 6.99. The normalized spacial score (nSPS) is 12.4. The summed E-state index contributed by atoms with van der Waals surface area (Å²) in [6.07, 6.45) is 1.52. The fourth-order valence-electron chi connectivity index (χ4n) is 4.88. The van der Waals surface area contributed by atoms with Gasteiger partial charge in [0.25, 0.3) is 5.56 Å². The van der Waals surface area contributed by atoms with Crippen molar-refractivity contribution in [1.29, 1.82) is 0 Å². The van der Waals surface area contributed by atoms with Crippen molar-refractivity contribution in [2.75, 3.05) is 13.4 Å². The Morgan fingerprint density at radius 3 is 2.70 bits per heavy atom. The number of fused-ring (bicyclic) bond motifs is 3. The molecule has 0 aliphatic carbocycles. The fourth-order valence-corrected chi connectivity index (χ4v) is 5.54. The summed E-state index contributed by atoms with van der Waals surface area (Å²) in [7, 11) is 0. The van der Waals surface area contributed by atoms with E-state index >= 15 is 0 Å². The topological polar surface area (TPSA) is 97.3 Å². The van der Waals surface area contributed by atoms with E-state index in [0.29, 0.717) is 66.9 Å². The van der Waals surface area contributed by atoms with Crippen molar-refractivity contribution in [3.05, 3.63) is 110 Å². The van der Waals surface area contributed by atoms with Crippen molar-refractivity contribution in [2.45, 2.75) is 13.5 Å². The highest BCUT2D eigenvalue weighted by atomic mass is 79.9. The molecule has 44 heavy (non-hydrogen) atoms. The Kier molecular flexibility index (Phi) is 7.45. The van der Waals surface area contributed by atoms with E-state index in [9.17, 15) is 4.79 Å². The molecule has 1 aliphatic rings. The van der Waals surface area contributed by atoms with Crippen LogP contribution in [0.25, 0.3) is 33.5 Å². The molecule has 4 aromatic carbocycles. The minimum Gasteiger partial charge on any atom is -0.490 e. The molecule has 6 aromatic rings. The van der Waals surface area contributed by atoms with Crippen LogP contribution in [0.3, 0.4) is 0 Å². The van der Waals surface area contributed by atoms with Crippen LogP contribution in [-0.2, 0) is 6.61 Å². The van der Waals surface area contributed by atoms with E-state index < -0.39 is 0 Å². The Morgan fingerprint density at radius 1 is 1.02 bits per heavy atom. The first-order valence-corrected chi connectivity index (χ1v) is 14.9. The lowest BCUT2D eigenvalue weighted by Gasteiger charge is -2.16. The van der Waals surface area contributed by atoms with Crippen LogP contribution in [-0.4, -0.2) is 29.3 Å². The maximum Gasteiger partial charge on any atom is 0.282 e. The first kappa shape index (κ1) is 28.0. The van der Waals surface area contributed by atoms with Gasteiger partial charge in [0, 0.05) is 15.4 Å². The maximum absolute atomic E-state index is 13.7. The minimum atomic E-state index is -0.349. The van der Waals surface area contributed by atoms with Gasteiger partial charge in [0.15, 0.2) is 28.8 Å². The molecule has 11 heteroatoms. The second-order valence-electron chi connectivity index (χ2n) is 9.79. The molecule has 0 saturated carbocycles. The number of hydrogen-bond donors (Lipinski definition) is 0. The van der Waals surface area contributed by atoms with Gasteiger partial charge >= 0.3 is 0 Å². The summed E-state index contributed by atoms with van der Waals surface area (Å²) in [5, 5.41) is 6.17. The van der Waals surface area contributed by atoms with Gasteiger partial charge in [0.2, 0.25) is 12.6 Å². The molecule has 3 heterocycles. The third kappa shape index (κ3) is 5.16. The predicted octanol–water partition coefficient (Wildman–Crippen LogP) is 7.81. The smallest absolute Gasteiger partial charge is 0.282 e. The van der Waals surface area contributed by atoms with E-state index in [1.165, 1.54) is 10.9 Å². The molecule has 0 saturated heterocycles. The molecule has 0 unspecified atom stereocenters. The van der Waals surface area contributed by atoms with Gasteiger partial charge in [-0.3, -0.25) is 4.79 Å². The molecule has 7 rings (SSSR count). The van der Waals surface area contributed by atoms with E-state index in [-0.39, 0.29) is 24.8 Å². The number of nitrogens with zero attached hydrogens (tertiary/aromatic N) is 3. The molecule has 2 aromatic heterocycles. The van der Waals surface area contributed by atoms with E-state index in [2.05, 4.69) is 21.0 Å². The van der Waals surface area contributed by atoms with Crippen molar-refractivity contribution in [2.24, 2.45) is 5.10 Å². The highest BCUT2D eigenvalue weighted by Crippen LogP contribution is 2.43. The van der Waals surface area contributed by atoms with Gasteiger partial charge in [-0.05, 0) is 70.9 Å². The average Bonchev–Trinajstić information content (AvgIpc) is 3.69. The average molecular weight is 673 g/mol. The molecule has 0 fully saturated rings. The number of furan rings is 1. The number of ether oxygens (including phenoxy) is 4. The molecule has 0 spiro atoms. The lowest BCUT2D eigenvalue weighted by atomic mass is 10.2. The van der Waals surface area contributed by atoms with Crippen LogP contribution in [0.2, 0.25) is 5.02 Å². The molecule has 9 nitrogen and oxygen atoms in total. The lowest BCUT2D eigenvalue weighted by molar-refractivity contribution is 0.174. The Morgan fingerprint density at radius 2 is 1.84 bits per heavy atom. The largest absolute Gasteiger partial charge is 0.490 e. The van der Waals surface area contributed by atoms with Crippen LogP contribution in [0.4, 0.5) is 0 Å². The number of rotatable bonds is 8. The van der Waals surface area contributed by atoms with Gasteiger partial charge in [-0.2, -0.15) is 9.78 Å². The Hall–Kier alpha value is -4.80. The summed E-state index contributed by atoms with van der Waals surface area (Å²) >= 11 is 10.4. The number of hydrogen-bond acceptors (Lipinski definition) is 8. The van der Waals surface area contributed by atoms with E-state index in [1.54, 1.807) is 24.3 Å². The number of para-hydroxylation sites is 2. The van der Waals surface area contributed by atoms with Gasteiger partial charge in [-0.15, -0.1) is 0 Å². The van der Waals surface area contributed by atoms with Crippen molar-refractivity contribution in [3.8, 4) is 34.6 Å². The second-order valence-corrected chi connectivity index (χ2v) is 11.0. The van der Waals surface area contributed by atoms with Crippen LogP contribution < -0.4 is 24.5 Å². The molecular weight excluding hydrogens is 650 g/mol. The summed E-state index contributed by atoms with van der Waals surface area (Å²) in [6.45, 7) is 2.65. The van der Waals surface area contributed by atoms with Gasteiger partial charge < -0.3 is 23.4 Å². The van der Waals surface area contributed by atoms with Crippen LogP contribution in [0.1, 0.15) is 18.1 Å². The minimum absolute atomic E-state index is 0.192. The molecule has 1 aliphatic heterocycles. The second kappa shape index (κ2) is 11.7. The molecule has 0 radical (unpaired) electrons. The molecule has 220 valence electrons. The van der Waals surface area contributed by atoms with E-state index in [1.807, 2.05) is 61.5 Å². The van der Waals surface area contributed by atoms with Crippen molar-refractivity contribution < 1.29 is 23.4 Å². The summed E-state index contributed by atoms with van der Waals surface area (Å²) in [5.74, 6) is 2.81. The third-order valence-corrected chi connectivity index (χ3v) is 8.43. The highest BCUT2D eigenvalue weighted by molar-refractivity contribution is 9.10. The zero-order valence-corrected chi connectivity index (χ0v) is 25.6. The van der Waals surface area contributed by atoms with Gasteiger partial charge in [-0.1, -0.05) is 48.0 Å². The van der Waals surface area contributed by atoms with Crippen LogP contribution >= 0.6 is 27.5 Å².